The molecule has 354 valence electrons. The molecule has 0 saturated carbocycles. The summed E-state index contributed by atoms with van der Waals surface area (Å²) in [4.78, 5) is 122. The van der Waals surface area contributed by atoms with Gasteiger partial charge < -0.3 is 68.0 Å². The molecule has 0 unspecified atom stereocenters. The van der Waals surface area contributed by atoms with Gasteiger partial charge in [-0.3, -0.25) is 43.2 Å². The van der Waals surface area contributed by atoms with E-state index in [1.807, 2.05) is 0 Å². The number of fused-ring (bicyclic) bond motifs is 2. The number of phenols is 1. The lowest BCUT2D eigenvalue weighted by Crippen LogP contribution is -2.59. The lowest BCUT2D eigenvalue weighted by Gasteiger charge is -2.25. The number of aromatic hydroxyl groups is 1. The van der Waals surface area contributed by atoms with Crippen LogP contribution in [-0.4, -0.2) is 127 Å². The van der Waals surface area contributed by atoms with E-state index >= 15 is 0 Å². The predicted molar refractivity (Wildman–Crippen MR) is 239 cm³/mol. The van der Waals surface area contributed by atoms with Crippen molar-refractivity contribution in [3.05, 3.63) is 102 Å². The highest BCUT2D eigenvalue weighted by Gasteiger charge is 2.33. The Labute approximate surface area is 381 Å². The van der Waals surface area contributed by atoms with Crippen LogP contribution in [0, 0.1) is 0 Å². The molecule has 0 fully saturated rings. The van der Waals surface area contributed by atoms with E-state index in [1.165, 1.54) is 31.2 Å². The summed E-state index contributed by atoms with van der Waals surface area (Å²) in [7, 11) is 0. The molecular formula is C45H51N9O13. The minimum atomic E-state index is -1.83. The molecular weight excluding hydrogens is 875 g/mol. The van der Waals surface area contributed by atoms with E-state index in [-0.39, 0.29) is 31.4 Å². The van der Waals surface area contributed by atoms with E-state index in [0.29, 0.717) is 27.6 Å². The Bertz CT molecular complexity index is 2630. The quantitative estimate of drug-likeness (QED) is 0.0378. The number of para-hydroxylation sites is 2. The number of amides is 6. The molecule has 14 N–H and O–H groups in total. The fourth-order valence-electron chi connectivity index (χ4n) is 7.07. The molecule has 2 heterocycles. The van der Waals surface area contributed by atoms with Crippen molar-refractivity contribution < 1.29 is 63.6 Å². The standard InChI is InChI=1S/C45H51N9O13/c1-23(45(66)67)50-42(63)34(17-25-20-47-31-8-4-2-6-28(25)31)53-43(64)35(18-26-21-48-32-9-5-3-7-29(26)32)54-44(65)36(19-39(59)60)51-37(56)22-49-41(62)33(16-24-10-12-27(55)13-11-24)52-40(61)30(46)14-15-38(57)58/h2-13,20-21,23,30,33-36,47-48,55H,14-19,22,46H2,1H3,(H,49,62)(H,50,63)(H,51,56)(H,52,61)(H,53,64)(H,54,65)(H,57,58)(H,59,60)(H,66,67)/t23-,30-,33-,34-,35-,36-/m0/s1. The summed E-state index contributed by atoms with van der Waals surface area (Å²) < 4.78 is 0. The van der Waals surface area contributed by atoms with Crippen molar-refractivity contribution in [1.82, 2.24) is 41.9 Å². The monoisotopic (exact) mass is 925 g/mol. The highest BCUT2D eigenvalue weighted by molar-refractivity contribution is 5.98. The number of carboxylic acids is 3. The van der Waals surface area contributed by atoms with Crippen molar-refractivity contribution in [3.63, 3.8) is 0 Å². The summed E-state index contributed by atoms with van der Waals surface area (Å²) in [6.07, 6.45) is 1.06. The molecule has 6 amide bonds. The van der Waals surface area contributed by atoms with Crippen LogP contribution >= 0.6 is 0 Å². The van der Waals surface area contributed by atoms with Crippen LogP contribution in [0.3, 0.4) is 0 Å². The maximum atomic E-state index is 14.3. The number of H-pyrrole nitrogens is 2. The first kappa shape index (κ1) is 49.7. The molecule has 22 heteroatoms. The second-order valence-corrected chi connectivity index (χ2v) is 15.7. The van der Waals surface area contributed by atoms with Crippen molar-refractivity contribution in [2.45, 2.75) is 81.7 Å². The molecule has 0 aliphatic heterocycles. The molecule has 0 spiro atoms. The first-order valence-electron chi connectivity index (χ1n) is 21.0. The van der Waals surface area contributed by atoms with Crippen molar-refractivity contribution in [3.8, 4) is 5.75 Å². The number of carbonyl (C=O) groups is 9. The van der Waals surface area contributed by atoms with Crippen LogP contribution in [0.4, 0.5) is 0 Å². The van der Waals surface area contributed by atoms with E-state index in [1.54, 1.807) is 60.9 Å². The number of rotatable bonds is 24. The van der Waals surface area contributed by atoms with Gasteiger partial charge in [0.1, 0.15) is 36.0 Å². The van der Waals surface area contributed by atoms with Crippen molar-refractivity contribution >= 4 is 75.2 Å². The first-order chi connectivity index (χ1) is 31.9. The maximum Gasteiger partial charge on any atom is 0.325 e. The fourth-order valence-corrected chi connectivity index (χ4v) is 7.07. The second-order valence-electron chi connectivity index (χ2n) is 15.7. The summed E-state index contributed by atoms with van der Waals surface area (Å²) >= 11 is 0. The number of aromatic nitrogens is 2. The van der Waals surface area contributed by atoms with Gasteiger partial charge in [-0.1, -0.05) is 48.5 Å². The molecule has 0 bridgehead atoms. The van der Waals surface area contributed by atoms with Gasteiger partial charge in [-0.25, -0.2) is 0 Å². The summed E-state index contributed by atoms with van der Waals surface area (Å²) in [6.45, 7) is 0.401. The van der Waals surface area contributed by atoms with E-state index in [2.05, 4.69) is 41.9 Å². The lowest BCUT2D eigenvalue weighted by atomic mass is 10.0. The normalized spacial score (nSPS) is 13.8. The summed E-state index contributed by atoms with van der Waals surface area (Å²) in [5, 5.41) is 53.9. The number of carboxylic acid groups (broad SMARTS) is 3. The Hall–Kier alpha value is -8.27. The van der Waals surface area contributed by atoms with E-state index < -0.39 is 109 Å². The number of hydrogen-bond acceptors (Lipinski definition) is 11. The van der Waals surface area contributed by atoms with Gasteiger partial charge in [-0.15, -0.1) is 0 Å². The Morgan fingerprint density at radius 1 is 0.582 bits per heavy atom. The predicted octanol–water partition coefficient (Wildman–Crippen LogP) is -0.306. The minimum absolute atomic E-state index is 0.0771. The molecule has 2 aromatic heterocycles. The van der Waals surface area contributed by atoms with Crippen LogP contribution in [0.5, 0.6) is 5.75 Å². The third kappa shape index (κ3) is 14.4. The highest BCUT2D eigenvalue weighted by atomic mass is 16.4. The summed E-state index contributed by atoms with van der Waals surface area (Å²) in [6, 6.07) is 11.0. The van der Waals surface area contributed by atoms with Gasteiger partial charge in [0.15, 0.2) is 0 Å². The Balaban J connectivity index is 1.35. The highest BCUT2D eigenvalue weighted by Crippen LogP contribution is 2.21. The van der Waals surface area contributed by atoms with Gasteiger partial charge >= 0.3 is 17.9 Å². The van der Waals surface area contributed by atoms with E-state index in [9.17, 15) is 58.5 Å². The maximum absolute atomic E-state index is 14.3. The zero-order valence-electron chi connectivity index (χ0n) is 36.0. The number of nitrogens with two attached hydrogens (primary N) is 1. The molecule has 5 rings (SSSR count). The van der Waals surface area contributed by atoms with Crippen LogP contribution < -0.4 is 37.6 Å². The van der Waals surface area contributed by atoms with Gasteiger partial charge in [0, 0.05) is 59.9 Å². The van der Waals surface area contributed by atoms with Crippen LogP contribution in [0.2, 0.25) is 0 Å². The Morgan fingerprint density at radius 2 is 1.07 bits per heavy atom. The molecule has 22 nitrogen and oxygen atoms in total. The third-order valence-corrected chi connectivity index (χ3v) is 10.7. The molecule has 0 aliphatic carbocycles. The number of carbonyl (C=O) groups excluding carboxylic acids is 6. The van der Waals surface area contributed by atoms with Crippen LogP contribution in [0.15, 0.2) is 85.2 Å². The fraction of sp³-hybridized carbons (Fsp3) is 0.311. The van der Waals surface area contributed by atoms with Crippen molar-refractivity contribution in [1.29, 1.82) is 0 Å². The van der Waals surface area contributed by atoms with Crippen molar-refractivity contribution in [2.24, 2.45) is 5.73 Å². The SMILES string of the molecule is C[C@H](NC(=O)[C@H](Cc1c[nH]c2ccccc12)NC(=O)[C@H](Cc1c[nH]c2ccccc12)NC(=O)[C@H](CC(=O)O)NC(=O)CNC(=O)[C@H](Cc1ccc(O)cc1)NC(=O)[C@@H](N)CCC(=O)O)C(=O)O. The molecule has 5 aromatic rings. The van der Waals surface area contributed by atoms with Gasteiger partial charge in [-0.2, -0.15) is 0 Å². The molecule has 0 radical (unpaired) electrons. The minimum Gasteiger partial charge on any atom is -0.508 e. The molecule has 6 atom stereocenters. The molecule has 3 aromatic carbocycles. The zero-order chi connectivity index (χ0) is 48.8. The number of aromatic amines is 2. The summed E-state index contributed by atoms with van der Waals surface area (Å²) in [5.74, 6) is -9.88. The van der Waals surface area contributed by atoms with Gasteiger partial charge in [-0.05, 0) is 54.3 Å². The average Bonchev–Trinajstić information content (AvgIpc) is 3.90. The van der Waals surface area contributed by atoms with E-state index in [0.717, 1.165) is 10.9 Å². The van der Waals surface area contributed by atoms with Crippen LogP contribution in [0.25, 0.3) is 21.8 Å². The molecule has 67 heavy (non-hydrogen) atoms. The topological polar surface area (TPSA) is 364 Å². The molecule has 0 saturated heterocycles. The second kappa shape index (κ2) is 23.1. The van der Waals surface area contributed by atoms with Gasteiger partial charge in [0.25, 0.3) is 0 Å². The first-order valence-corrected chi connectivity index (χ1v) is 21.0. The van der Waals surface area contributed by atoms with Crippen LogP contribution in [-0.2, 0) is 62.4 Å². The van der Waals surface area contributed by atoms with Crippen molar-refractivity contribution in [2.75, 3.05) is 6.54 Å². The molecule has 0 aliphatic rings. The average molecular weight is 926 g/mol. The van der Waals surface area contributed by atoms with Crippen LogP contribution in [0.1, 0.15) is 42.9 Å². The Morgan fingerprint density at radius 3 is 1.60 bits per heavy atom. The van der Waals surface area contributed by atoms with Gasteiger partial charge in [0.2, 0.25) is 35.4 Å². The lowest BCUT2D eigenvalue weighted by molar-refractivity contribution is -0.142. The number of hydrogen-bond donors (Lipinski definition) is 13. The summed E-state index contributed by atoms with van der Waals surface area (Å²) in [5.41, 5.74) is 8.85. The number of aliphatic carboxylic acids is 3. The largest absolute Gasteiger partial charge is 0.508 e. The zero-order valence-corrected chi connectivity index (χ0v) is 36.0. The number of benzene rings is 3. The number of phenolic OH excluding ortho intramolecular Hbond substituents is 1. The third-order valence-electron chi connectivity index (χ3n) is 10.7. The Kier molecular flexibility index (Phi) is 17.1. The number of nitrogens with one attached hydrogen (secondary N) is 8. The smallest absolute Gasteiger partial charge is 0.325 e. The van der Waals surface area contributed by atoms with Gasteiger partial charge in [0.05, 0.1) is 19.0 Å². The van der Waals surface area contributed by atoms with E-state index in [4.69, 9.17) is 10.8 Å².